The summed E-state index contributed by atoms with van der Waals surface area (Å²) in [6.45, 7) is 4.16. The van der Waals surface area contributed by atoms with Gasteiger partial charge in [-0.1, -0.05) is 38.1 Å². The number of methoxy groups -OCH3 is 2. The Morgan fingerprint density at radius 3 is 2.48 bits per heavy atom. The van der Waals surface area contributed by atoms with Gasteiger partial charge in [0.2, 0.25) is 11.8 Å². The van der Waals surface area contributed by atoms with E-state index in [4.69, 9.17) is 9.47 Å². The summed E-state index contributed by atoms with van der Waals surface area (Å²) in [4.78, 5) is 30.8. The summed E-state index contributed by atoms with van der Waals surface area (Å²) >= 11 is 0. The molecule has 2 aromatic carbocycles. The number of carbonyl (C=O) groups excluding carboxylic acids is 2. The fraction of sp³-hybridized carbons (Fsp3) is 0.385. The number of likely N-dealkylation sites (N-methyl/N-ethyl adjacent to an activating group) is 1. The summed E-state index contributed by atoms with van der Waals surface area (Å²) in [6.07, 6.45) is 2.98. The molecule has 1 unspecified atom stereocenters. The molecule has 0 fully saturated rings. The molecule has 2 amide bonds. The van der Waals surface area contributed by atoms with Crippen molar-refractivity contribution < 1.29 is 19.1 Å². The average molecular weight is 452 g/mol. The van der Waals surface area contributed by atoms with E-state index >= 15 is 0 Å². The van der Waals surface area contributed by atoms with E-state index < -0.39 is 6.04 Å². The van der Waals surface area contributed by atoms with E-state index in [2.05, 4.69) is 10.3 Å². The zero-order valence-electron chi connectivity index (χ0n) is 20.0. The van der Waals surface area contributed by atoms with Crippen molar-refractivity contribution in [3.63, 3.8) is 0 Å². The Balaban J connectivity index is 1.73. The van der Waals surface area contributed by atoms with Crippen molar-refractivity contribution in [1.29, 1.82) is 0 Å². The Bertz CT molecular complexity index is 1110. The molecule has 0 spiro atoms. The third-order valence-corrected chi connectivity index (χ3v) is 5.80. The Labute approximate surface area is 195 Å². The summed E-state index contributed by atoms with van der Waals surface area (Å²) in [5, 5.41) is 4.01. The van der Waals surface area contributed by atoms with Crippen LogP contribution in [0.5, 0.6) is 11.5 Å². The van der Waals surface area contributed by atoms with Crippen LogP contribution in [0, 0.1) is 5.92 Å². The molecule has 0 saturated carbocycles. The fourth-order valence-corrected chi connectivity index (χ4v) is 3.77. The van der Waals surface area contributed by atoms with Gasteiger partial charge in [0.25, 0.3) is 0 Å². The molecular weight excluding hydrogens is 418 g/mol. The topological polar surface area (TPSA) is 83.7 Å². The zero-order chi connectivity index (χ0) is 24.0. The molecule has 3 aromatic rings. The minimum absolute atomic E-state index is 0.116. The fourth-order valence-electron chi connectivity index (χ4n) is 3.77. The Morgan fingerprint density at radius 1 is 1.06 bits per heavy atom. The van der Waals surface area contributed by atoms with Crippen molar-refractivity contribution in [2.45, 2.75) is 32.7 Å². The van der Waals surface area contributed by atoms with Crippen LogP contribution in [-0.2, 0) is 22.4 Å². The molecule has 1 atom stereocenters. The molecule has 0 saturated heterocycles. The van der Waals surface area contributed by atoms with Gasteiger partial charge in [0.1, 0.15) is 6.04 Å². The summed E-state index contributed by atoms with van der Waals surface area (Å²) < 4.78 is 10.7. The molecule has 176 valence electrons. The van der Waals surface area contributed by atoms with Gasteiger partial charge in [0.05, 0.1) is 14.2 Å². The van der Waals surface area contributed by atoms with Gasteiger partial charge in [0, 0.05) is 43.0 Å². The van der Waals surface area contributed by atoms with Crippen LogP contribution in [0.3, 0.4) is 0 Å². The number of nitrogens with one attached hydrogen (secondary N) is 2. The number of aromatic nitrogens is 1. The van der Waals surface area contributed by atoms with Gasteiger partial charge >= 0.3 is 0 Å². The first-order chi connectivity index (χ1) is 15.8. The predicted octanol–water partition coefficient (Wildman–Crippen LogP) is 3.57. The average Bonchev–Trinajstić information content (AvgIpc) is 3.24. The zero-order valence-corrected chi connectivity index (χ0v) is 20.0. The second kappa shape index (κ2) is 10.9. The lowest BCUT2D eigenvalue weighted by atomic mass is 10.0. The minimum Gasteiger partial charge on any atom is -0.493 e. The number of aromatic amines is 1. The SMILES string of the molecule is COc1ccc(CCN(C)C(=O)C(Cc2c[nH]c3ccccc23)NC(=O)C(C)C)cc1OC. The van der Waals surface area contributed by atoms with Crippen LogP contribution in [0.25, 0.3) is 10.9 Å². The summed E-state index contributed by atoms with van der Waals surface area (Å²) in [5.41, 5.74) is 3.05. The van der Waals surface area contributed by atoms with Gasteiger partial charge in [-0.3, -0.25) is 9.59 Å². The number of benzene rings is 2. The van der Waals surface area contributed by atoms with Crippen molar-refractivity contribution in [2.75, 3.05) is 27.8 Å². The van der Waals surface area contributed by atoms with Crippen molar-refractivity contribution in [3.8, 4) is 11.5 Å². The lowest BCUT2D eigenvalue weighted by Gasteiger charge is -2.25. The van der Waals surface area contributed by atoms with Crippen LogP contribution in [0.1, 0.15) is 25.0 Å². The molecule has 0 aliphatic rings. The first-order valence-corrected chi connectivity index (χ1v) is 11.1. The largest absolute Gasteiger partial charge is 0.493 e. The molecule has 7 nitrogen and oxygen atoms in total. The van der Waals surface area contributed by atoms with Crippen LogP contribution < -0.4 is 14.8 Å². The van der Waals surface area contributed by atoms with E-state index in [0.717, 1.165) is 22.0 Å². The Hall–Kier alpha value is -3.48. The number of fused-ring (bicyclic) bond motifs is 1. The van der Waals surface area contributed by atoms with E-state index in [-0.39, 0.29) is 17.7 Å². The highest BCUT2D eigenvalue weighted by Crippen LogP contribution is 2.27. The number of hydrogen-bond donors (Lipinski definition) is 2. The van der Waals surface area contributed by atoms with Crippen molar-refractivity contribution in [1.82, 2.24) is 15.2 Å². The number of ether oxygens (including phenoxy) is 2. The quantitative estimate of drug-likeness (QED) is 0.494. The molecule has 1 aromatic heterocycles. The molecule has 2 N–H and O–H groups in total. The van der Waals surface area contributed by atoms with Crippen LogP contribution in [0.4, 0.5) is 0 Å². The highest BCUT2D eigenvalue weighted by atomic mass is 16.5. The van der Waals surface area contributed by atoms with E-state index in [0.29, 0.717) is 30.9 Å². The normalized spacial score (nSPS) is 11.9. The number of rotatable bonds is 10. The van der Waals surface area contributed by atoms with Crippen molar-refractivity contribution >= 4 is 22.7 Å². The van der Waals surface area contributed by atoms with Gasteiger partial charge in [0.15, 0.2) is 11.5 Å². The predicted molar refractivity (Wildman–Crippen MR) is 130 cm³/mol. The maximum absolute atomic E-state index is 13.4. The second-order valence-electron chi connectivity index (χ2n) is 8.48. The van der Waals surface area contributed by atoms with Crippen LogP contribution in [-0.4, -0.2) is 55.6 Å². The highest BCUT2D eigenvalue weighted by molar-refractivity contribution is 5.90. The second-order valence-corrected chi connectivity index (χ2v) is 8.48. The maximum atomic E-state index is 13.4. The maximum Gasteiger partial charge on any atom is 0.245 e. The van der Waals surface area contributed by atoms with Gasteiger partial charge < -0.3 is 24.7 Å². The molecule has 0 aliphatic heterocycles. The number of amides is 2. The first kappa shape index (κ1) is 24.2. The van der Waals surface area contributed by atoms with E-state index in [1.807, 2.05) is 62.5 Å². The molecule has 3 rings (SSSR count). The summed E-state index contributed by atoms with van der Waals surface area (Å²) in [7, 11) is 4.97. The van der Waals surface area contributed by atoms with Gasteiger partial charge in [-0.25, -0.2) is 0 Å². The van der Waals surface area contributed by atoms with Crippen LogP contribution >= 0.6 is 0 Å². The third kappa shape index (κ3) is 5.86. The number of H-pyrrole nitrogens is 1. The van der Waals surface area contributed by atoms with Crippen molar-refractivity contribution in [2.24, 2.45) is 5.92 Å². The number of hydrogen-bond acceptors (Lipinski definition) is 4. The number of para-hydroxylation sites is 1. The van der Waals surface area contributed by atoms with E-state index in [9.17, 15) is 9.59 Å². The third-order valence-electron chi connectivity index (χ3n) is 5.80. The van der Waals surface area contributed by atoms with E-state index in [1.54, 1.807) is 26.2 Å². The molecule has 7 heteroatoms. The molecule has 1 heterocycles. The van der Waals surface area contributed by atoms with Crippen LogP contribution in [0.15, 0.2) is 48.7 Å². The van der Waals surface area contributed by atoms with E-state index in [1.165, 1.54) is 0 Å². The molecule has 0 aliphatic carbocycles. The number of carbonyl (C=O) groups is 2. The van der Waals surface area contributed by atoms with Crippen molar-refractivity contribution in [3.05, 3.63) is 59.8 Å². The smallest absolute Gasteiger partial charge is 0.245 e. The monoisotopic (exact) mass is 451 g/mol. The highest BCUT2D eigenvalue weighted by Gasteiger charge is 2.26. The molecular formula is C26H33N3O4. The molecule has 33 heavy (non-hydrogen) atoms. The standard InChI is InChI=1S/C26H33N3O4/c1-17(2)25(30)28-22(15-19-16-27-21-9-7-6-8-20(19)21)26(31)29(3)13-12-18-10-11-23(32-4)24(14-18)33-5/h6-11,14,16-17,22,27H,12-13,15H2,1-5H3,(H,28,30). The van der Waals surface area contributed by atoms with Gasteiger partial charge in [-0.15, -0.1) is 0 Å². The molecule has 0 bridgehead atoms. The molecule has 0 radical (unpaired) electrons. The lowest BCUT2D eigenvalue weighted by Crippen LogP contribution is -2.50. The summed E-state index contributed by atoms with van der Waals surface area (Å²) in [6, 6.07) is 13.1. The minimum atomic E-state index is -0.644. The first-order valence-electron chi connectivity index (χ1n) is 11.1. The number of nitrogens with zero attached hydrogens (tertiary/aromatic N) is 1. The Kier molecular flexibility index (Phi) is 7.98. The van der Waals surface area contributed by atoms with Crippen LogP contribution in [0.2, 0.25) is 0 Å². The van der Waals surface area contributed by atoms with Gasteiger partial charge in [-0.05, 0) is 35.7 Å². The summed E-state index contributed by atoms with van der Waals surface area (Å²) in [5.74, 6) is 0.864. The van der Waals surface area contributed by atoms with Gasteiger partial charge in [-0.2, -0.15) is 0 Å². The Morgan fingerprint density at radius 2 is 1.79 bits per heavy atom. The lowest BCUT2D eigenvalue weighted by molar-refractivity contribution is -0.136.